The molecule has 0 aromatic carbocycles. The van der Waals surface area contributed by atoms with Crippen LogP contribution >= 0.6 is 0 Å². The SMILES string of the molecule is N#CC1(NC(=O)[C@@H]2CCCC[C@H]2C(=O)C2CCc3c([nH]c4c3CNC=C4)N2)CC1. The number of carbonyl (C=O) groups is 2. The van der Waals surface area contributed by atoms with Crippen LogP contribution in [0.5, 0.6) is 0 Å². The third kappa shape index (κ3) is 3.21. The Balaban J connectivity index is 1.31. The van der Waals surface area contributed by atoms with Crippen molar-refractivity contribution in [3.63, 3.8) is 0 Å². The Morgan fingerprint density at radius 1 is 1.14 bits per heavy atom. The van der Waals surface area contributed by atoms with Gasteiger partial charge in [0.1, 0.15) is 11.4 Å². The number of aromatic amines is 1. The number of rotatable bonds is 4. The van der Waals surface area contributed by atoms with E-state index in [4.69, 9.17) is 0 Å². The van der Waals surface area contributed by atoms with Gasteiger partial charge in [0.25, 0.3) is 0 Å². The van der Waals surface area contributed by atoms with Crippen LogP contribution in [0.25, 0.3) is 6.08 Å². The lowest BCUT2D eigenvalue weighted by atomic mass is 9.73. The molecule has 7 nitrogen and oxygen atoms in total. The van der Waals surface area contributed by atoms with Crippen LogP contribution in [-0.2, 0) is 22.6 Å². The fraction of sp³-hybridized carbons (Fsp3) is 0.591. The minimum atomic E-state index is -0.676. The van der Waals surface area contributed by atoms with Crippen LogP contribution in [0.4, 0.5) is 5.82 Å². The predicted molar refractivity (Wildman–Crippen MR) is 109 cm³/mol. The number of hydrogen-bond donors (Lipinski definition) is 4. The molecule has 3 heterocycles. The zero-order chi connectivity index (χ0) is 20.0. The molecule has 0 bridgehead atoms. The molecule has 1 aromatic heterocycles. The lowest BCUT2D eigenvalue weighted by Crippen LogP contribution is -2.48. The third-order valence-electron chi connectivity index (χ3n) is 7.04. The molecule has 2 aliphatic heterocycles. The second-order valence-electron chi connectivity index (χ2n) is 8.90. The number of anilines is 1. The van der Waals surface area contributed by atoms with Gasteiger partial charge in [-0.1, -0.05) is 12.8 Å². The number of fused-ring (bicyclic) bond motifs is 3. The normalized spacial score (nSPS) is 28.7. The summed E-state index contributed by atoms with van der Waals surface area (Å²) in [6.45, 7) is 0.809. The smallest absolute Gasteiger partial charge is 0.225 e. The van der Waals surface area contributed by atoms with Gasteiger partial charge in [0.2, 0.25) is 5.91 Å². The molecule has 4 N–H and O–H groups in total. The van der Waals surface area contributed by atoms with E-state index in [1.54, 1.807) is 0 Å². The largest absolute Gasteiger partial charge is 0.387 e. The fourth-order valence-corrected chi connectivity index (χ4v) is 5.16. The van der Waals surface area contributed by atoms with Crippen LogP contribution in [0.1, 0.15) is 61.8 Å². The van der Waals surface area contributed by atoms with E-state index in [2.05, 4.69) is 27.0 Å². The highest BCUT2D eigenvalue weighted by Crippen LogP contribution is 2.39. The molecule has 7 heteroatoms. The van der Waals surface area contributed by atoms with Crippen molar-refractivity contribution in [1.82, 2.24) is 15.6 Å². The van der Waals surface area contributed by atoms with Gasteiger partial charge in [0.05, 0.1) is 12.1 Å². The highest BCUT2D eigenvalue weighted by molar-refractivity contribution is 5.94. The number of amides is 1. The molecule has 1 unspecified atom stereocenters. The van der Waals surface area contributed by atoms with E-state index in [1.165, 1.54) is 11.1 Å². The first kappa shape index (κ1) is 18.3. The van der Waals surface area contributed by atoms with Crippen molar-refractivity contribution < 1.29 is 9.59 Å². The zero-order valence-electron chi connectivity index (χ0n) is 16.5. The second kappa shape index (κ2) is 6.94. The number of nitriles is 1. The zero-order valence-corrected chi connectivity index (χ0v) is 16.5. The summed E-state index contributed by atoms with van der Waals surface area (Å²) in [5.74, 6) is 0.424. The van der Waals surface area contributed by atoms with Gasteiger partial charge in [-0.2, -0.15) is 5.26 Å². The summed E-state index contributed by atoms with van der Waals surface area (Å²) < 4.78 is 0. The van der Waals surface area contributed by atoms with E-state index in [9.17, 15) is 14.9 Å². The second-order valence-corrected chi connectivity index (χ2v) is 8.90. The Labute approximate surface area is 170 Å². The summed E-state index contributed by atoms with van der Waals surface area (Å²) in [6, 6.07) is 1.96. The summed E-state index contributed by atoms with van der Waals surface area (Å²) in [6.07, 6.45) is 10.5. The van der Waals surface area contributed by atoms with Crippen molar-refractivity contribution >= 4 is 23.6 Å². The Morgan fingerprint density at radius 3 is 2.69 bits per heavy atom. The molecule has 3 atom stereocenters. The van der Waals surface area contributed by atoms with E-state index in [0.29, 0.717) is 12.8 Å². The van der Waals surface area contributed by atoms with Crippen molar-refractivity contribution in [2.24, 2.45) is 11.8 Å². The number of hydrogen-bond acceptors (Lipinski definition) is 5. The topological polar surface area (TPSA) is 110 Å². The standard InChI is InChI=1S/C22H27N5O2/c23-12-22(8-9-22)27-21(29)15-4-2-1-3-13(15)19(28)18-6-5-14-16-11-24-10-7-17(16)25-20(14)26-18/h7,10,13,15,18,24-26H,1-6,8-9,11H2,(H,27,29)/t13-,15-,18?/m1/s1. The highest BCUT2D eigenvalue weighted by atomic mass is 16.2. The van der Waals surface area contributed by atoms with Gasteiger partial charge in [-0.15, -0.1) is 0 Å². The maximum absolute atomic E-state index is 13.4. The van der Waals surface area contributed by atoms with Gasteiger partial charge in [0.15, 0.2) is 5.78 Å². The summed E-state index contributed by atoms with van der Waals surface area (Å²) in [5.41, 5.74) is 2.98. The first-order chi connectivity index (χ1) is 14.1. The molecule has 0 saturated heterocycles. The number of carbonyl (C=O) groups excluding carboxylic acids is 2. The lowest BCUT2D eigenvalue weighted by molar-refractivity contribution is -0.136. The van der Waals surface area contributed by atoms with Crippen LogP contribution in [0.3, 0.4) is 0 Å². The minimum absolute atomic E-state index is 0.106. The third-order valence-corrected chi connectivity index (χ3v) is 7.04. The molecule has 4 aliphatic rings. The Bertz CT molecular complexity index is 920. The van der Waals surface area contributed by atoms with Gasteiger partial charge in [0, 0.05) is 29.6 Å². The molecule has 0 spiro atoms. The molecule has 5 rings (SSSR count). The monoisotopic (exact) mass is 393 g/mol. The number of Topliss-reactive ketones (excluding diaryl/α,β-unsaturated/α-hetero) is 1. The average molecular weight is 393 g/mol. The highest BCUT2D eigenvalue weighted by Gasteiger charge is 2.47. The van der Waals surface area contributed by atoms with E-state index in [-0.39, 0.29) is 29.6 Å². The summed E-state index contributed by atoms with van der Waals surface area (Å²) >= 11 is 0. The molecule has 0 radical (unpaired) electrons. The first-order valence-corrected chi connectivity index (χ1v) is 10.8. The molecule has 1 aromatic rings. The molecule has 29 heavy (non-hydrogen) atoms. The van der Waals surface area contributed by atoms with Crippen molar-refractivity contribution in [3.05, 3.63) is 23.0 Å². The van der Waals surface area contributed by atoms with Crippen LogP contribution in [0, 0.1) is 23.2 Å². The molecule has 1 amide bonds. The van der Waals surface area contributed by atoms with E-state index in [1.807, 2.05) is 12.3 Å². The summed E-state index contributed by atoms with van der Waals surface area (Å²) in [7, 11) is 0. The van der Waals surface area contributed by atoms with Crippen molar-refractivity contribution in [2.75, 3.05) is 5.32 Å². The first-order valence-electron chi connectivity index (χ1n) is 10.8. The lowest BCUT2D eigenvalue weighted by Gasteiger charge is -2.34. The number of ketones is 1. The van der Waals surface area contributed by atoms with Crippen molar-refractivity contribution in [1.29, 1.82) is 5.26 Å². The van der Waals surface area contributed by atoms with E-state index < -0.39 is 5.54 Å². The molecule has 2 aliphatic carbocycles. The summed E-state index contributed by atoms with van der Waals surface area (Å²) in [4.78, 5) is 29.7. The Kier molecular flexibility index (Phi) is 4.38. The minimum Gasteiger partial charge on any atom is -0.387 e. The van der Waals surface area contributed by atoms with Gasteiger partial charge >= 0.3 is 0 Å². The quantitative estimate of drug-likeness (QED) is 0.628. The van der Waals surface area contributed by atoms with Crippen LogP contribution < -0.4 is 16.0 Å². The maximum Gasteiger partial charge on any atom is 0.225 e. The number of aromatic nitrogens is 1. The molecule has 2 fully saturated rings. The van der Waals surface area contributed by atoms with E-state index in [0.717, 1.165) is 56.6 Å². The van der Waals surface area contributed by atoms with Gasteiger partial charge in [-0.3, -0.25) is 9.59 Å². The number of nitrogens with one attached hydrogen (secondary N) is 4. The van der Waals surface area contributed by atoms with Crippen molar-refractivity contribution in [2.45, 2.75) is 69.5 Å². The molecular formula is C22H27N5O2. The Hall–Kier alpha value is -2.75. The number of H-pyrrole nitrogens is 1. The van der Waals surface area contributed by atoms with Crippen molar-refractivity contribution in [3.8, 4) is 6.07 Å². The average Bonchev–Trinajstić information content (AvgIpc) is 3.43. The molecule has 152 valence electrons. The van der Waals surface area contributed by atoms with Gasteiger partial charge in [-0.25, -0.2) is 0 Å². The van der Waals surface area contributed by atoms with Crippen LogP contribution in [0.15, 0.2) is 6.20 Å². The number of nitrogens with zero attached hydrogens (tertiary/aromatic N) is 1. The fourth-order valence-electron chi connectivity index (χ4n) is 5.16. The van der Waals surface area contributed by atoms with Gasteiger partial charge in [-0.05, 0) is 56.4 Å². The Morgan fingerprint density at radius 2 is 1.93 bits per heavy atom. The van der Waals surface area contributed by atoms with Crippen LogP contribution in [-0.4, -0.2) is 28.3 Å². The maximum atomic E-state index is 13.4. The van der Waals surface area contributed by atoms with Crippen LogP contribution in [0.2, 0.25) is 0 Å². The molecular weight excluding hydrogens is 366 g/mol. The van der Waals surface area contributed by atoms with E-state index >= 15 is 0 Å². The predicted octanol–water partition coefficient (Wildman–Crippen LogP) is 2.36. The van der Waals surface area contributed by atoms with Gasteiger partial charge < -0.3 is 20.9 Å². The molecule has 2 saturated carbocycles. The summed E-state index contributed by atoms with van der Waals surface area (Å²) in [5, 5.41) is 18.9.